The molecule has 1 aliphatic rings. The number of cyclic esters (lactones) is 1. The number of carbonyl (C=O) groups is 2. The first-order chi connectivity index (χ1) is 9.29. The van der Waals surface area contributed by atoms with Gasteiger partial charge in [0.2, 0.25) is 5.91 Å². The van der Waals surface area contributed by atoms with Crippen LogP contribution in [0.5, 0.6) is 0 Å². The molecule has 2 N–H and O–H groups in total. The van der Waals surface area contributed by atoms with E-state index in [0.29, 0.717) is 19.7 Å². The molecule has 110 valence electrons. The molecule has 0 saturated carbocycles. The topological polar surface area (TPSA) is 67.4 Å². The van der Waals surface area contributed by atoms with E-state index in [1.807, 2.05) is 0 Å². The predicted molar refractivity (Wildman–Crippen MR) is 73.5 cm³/mol. The fourth-order valence-electron chi connectivity index (χ4n) is 2.10. The normalized spacial score (nSPS) is 22.1. The van der Waals surface area contributed by atoms with Crippen molar-refractivity contribution in [1.82, 2.24) is 10.6 Å². The Morgan fingerprint density at radius 1 is 0.842 bits per heavy atom. The highest BCUT2D eigenvalue weighted by Crippen LogP contribution is 2.09. The van der Waals surface area contributed by atoms with E-state index in [-0.39, 0.29) is 18.4 Å². The van der Waals surface area contributed by atoms with Gasteiger partial charge in [-0.05, 0) is 12.8 Å². The Kier molecular flexibility index (Phi) is 9.06. The summed E-state index contributed by atoms with van der Waals surface area (Å²) in [5.74, 6) is -0.205. The van der Waals surface area contributed by atoms with Crippen LogP contribution in [0, 0.1) is 0 Å². The molecule has 0 radical (unpaired) electrons. The highest BCUT2D eigenvalue weighted by atomic mass is 16.5. The van der Waals surface area contributed by atoms with Crippen molar-refractivity contribution in [3.05, 3.63) is 0 Å². The van der Waals surface area contributed by atoms with Crippen molar-refractivity contribution in [2.24, 2.45) is 0 Å². The zero-order valence-electron chi connectivity index (χ0n) is 11.7. The third-order valence-electron chi connectivity index (χ3n) is 3.24. The van der Waals surface area contributed by atoms with Crippen molar-refractivity contribution in [2.75, 3.05) is 19.8 Å². The van der Waals surface area contributed by atoms with Crippen molar-refractivity contribution in [2.45, 2.75) is 57.8 Å². The van der Waals surface area contributed by atoms with Gasteiger partial charge < -0.3 is 10.1 Å². The summed E-state index contributed by atoms with van der Waals surface area (Å²) in [6, 6.07) is 0. The molecule has 0 bridgehead atoms. The molecule has 1 heterocycles. The van der Waals surface area contributed by atoms with Gasteiger partial charge in [-0.3, -0.25) is 14.9 Å². The minimum atomic E-state index is -0.251. The van der Waals surface area contributed by atoms with Crippen LogP contribution in [0.4, 0.5) is 0 Å². The number of rotatable bonds is 0. The van der Waals surface area contributed by atoms with Crippen LogP contribution in [0.15, 0.2) is 0 Å². The fourth-order valence-corrected chi connectivity index (χ4v) is 2.10. The molecule has 0 aromatic rings. The van der Waals surface area contributed by atoms with E-state index in [0.717, 1.165) is 25.7 Å². The monoisotopic (exact) mass is 270 g/mol. The summed E-state index contributed by atoms with van der Waals surface area (Å²) < 4.78 is 5.08. The van der Waals surface area contributed by atoms with Crippen LogP contribution in [0.1, 0.15) is 57.8 Å². The molecular formula is C14H26N2O3. The van der Waals surface area contributed by atoms with Crippen molar-refractivity contribution in [3.63, 3.8) is 0 Å². The summed E-state index contributed by atoms with van der Waals surface area (Å²) >= 11 is 0. The average molecular weight is 270 g/mol. The van der Waals surface area contributed by atoms with Crippen LogP contribution < -0.4 is 10.6 Å². The van der Waals surface area contributed by atoms with Crippen molar-refractivity contribution in [1.29, 1.82) is 0 Å². The van der Waals surface area contributed by atoms with Gasteiger partial charge >= 0.3 is 5.97 Å². The predicted octanol–water partition coefficient (Wildman–Crippen LogP) is 1.72. The second-order valence-corrected chi connectivity index (χ2v) is 5.00. The lowest BCUT2D eigenvalue weighted by Gasteiger charge is -2.07. The molecule has 5 heteroatoms. The van der Waals surface area contributed by atoms with Gasteiger partial charge in [0, 0.05) is 6.42 Å². The average Bonchev–Trinajstić information content (AvgIpc) is 2.40. The third-order valence-corrected chi connectivity index (χ3v) is 3.24. The Morgan fingerprint density at radius 3 is 2.21 bits per heavy atom. The van der Waals surface area contributed by atoms with E-state index in [1.54, 1.807) is 0 Å². The smallest absolute Gasteiger partial charge is 0.319 e. The molecule has 1 amide bonds. The largest absolute Gasteiger partial charge is 0.465 e. The number of hydrogen-bond donors (Lipinski definition) is 2. The standard InChI is InChI=1S/C14H26N2O3/c17-13-9-7-5-3-1-2-4-6-8-10-19-14(18)11-15-12-16-13/h15H,1-12H2,(H,16,17). The van der Waals surface area contributed by atoms with Crippen LogP contribution in [-0.4, -0.2) is 31.7 Å². The van der Waals surface area contributed by atoms with Crippen molar-refractivity contribution >= 4 is 11.9 Å². The van der Waals surface area contributed by atoms with Gasteiger partial charge in [-0.2, -0.15) is 0 Å². The first-order valence-corrected chi connectivity index (χ1v) is 7.42. The first-order valence-electron chi connectivity index (χ1n) is 7.42. The minimum Gasteiger partial charge on any atom is -0.465 e. The number of nitrogens with one attached hydrogen (secondary N) is 2. The molecule has 0 aromatic heterocycles. The van der Waals surface area contributed by atoms with Gasteiger partial charge in [0.25, 0.3) is 0 Å². The van der Waals surface area contributed by atoms with E-state index in [1.165, 1.54) is 25.7 Å². The molecular weight excluding hydrogens is 244 g/mol. The van der Waals surface area contributed by atoms with Crippen LogP contribution >= 0.6 is 0 Å². The Morgan fingerprint density at radius 2 is 1.47 bits per heavy atom. The quantitative estimate of drug-likeness (QED) is 0.658. The van der Waals surface area contributed by atoms with Gasteiger partial charge in [-0.25, -0.2) is 0 Å². The molecule has 1 saturated heterocycles. The lowest BCUT2D eigenvalue weighted by Crippen LogP contribution is -2.36. The van der Waals surface area contributed by atoms with E-state index < -0.39 is 0 Å². The molecule has 0 aliphatic carbocycles. The molecule has 0 unspecified atom stereocenters. The van der Waals surface area contributed by atoms with E-state index in [4.69, 9.17) is 4.74 Å². The molecule has 0 aromatic carbocycles. The minimum absolute atomic E-state index is 0.0465. The number of esters is 1. The summed E-state index contributed by atoms with van der Waals surface area (Å²) in [5.41, 5.74) is 0. The molecule has 0 spiro atoms. The summed E-state index contributed by atoms with van der Waals surface area (Å²) in [6.07, 6.45) is 9.62. The van der Waals surface area contributed by atoms with Crippen molar-refractivity contribution in [3.8, 4) is 0 Å². The Hall–Kier alpha value is -1.10. The van der Waals surface area contributed by atoms with Gasteiger partial charge in [0.15, 0.2) is 0 Å². The van der Waals surface area contributed by atoms with Crippen LogP contribution in [0.25, 0.3) is 0 Å². The van der Waals surface area contributed by atoms with Crippen LogP contribution in [0.3, 0.4) is 0 Å². The van der Waals surface area contributed by atoms with Gasteiger partial charge in [-0.1, -0.05) is 38.5 Å². The zero-order chi connectivity index (χ0) is 13.8. The summed E-state index contributed by atoms with van der Waals surface area (Å²) in [7, 11) is 0. The Bertz CT molecular complexity index is 243. The Balaban J connectivity index is 2.22. The first kappa shape index (κ1) is 16.0. The second-order valence-electron chi connectivity index (χ2n) is 5.00. The van der Waals surface area contributed by atoms with Gasteiger partial charge in [0.1, 0.15) is 0 Å². The zero-order valence-corrected chi connectivity index (χ0v) is 11.7. The maximum absolute atomic E-state index is 11.4. The summed E-state index contributed by atoms with van der Waals surface area (Å²) in [4.78, 5) is 22.8. The highest BCUT2D eigenvalue weighted by molar-refractivity contribution is 5.76. The van der Waals surface area contributed by atoms with Crippen LogP contribution in [-0.2, 0) is 14.3 Å². The maximum atomic E-state index is 11.4. The van der Waals surface area contributed by atoms with Crippen LogP contribution in [0.2, 0.25) is 0 Å². The summed E-state index contributed by atoms with van der Waals surface area (Å²) in [6.45, 7) is 0.987. The number of carbonyl (C=O) groups excluding carboxylic acids is 2. The molecule has 0 atom stereocenters. The molecule has 19 heavy (non-hydrogen) atoms. The number of amides is 1. The second kappa shape index (κ2) is 10.8. The summed E-state index contributed by atoms with van der Waals surface area (Å²) in [5, 5.41) is 5.59. The number of hydrogen-bond acceptors (Lipinski definition) is 4. The van der Waals surface area contributed by atoms with Gasteiger partial charge in [-0.15, -0.1) is 0 Å². The lowest BCUT2D eigenvalue weighted by atomic mass is 10.1. The molecule has 5 nitrogen and oxygen atoms in total. The SMILES string of the molecule is O=C1CCCCCCCCCCOC(=O)CNCN1. The highest BCUT2D eigenvalue weighted by Gasteiger charge is 2.04. The van der Waals surface area contributed by atoms with Gasteiger partial charge in [0.05, 0.1) is 19.8 Å². The van der Waals surface area contributed by atoms with E-state index >= 15 is 0 Å². The Labute approximate surface area is 115 Å². The van der Waals surface area contributed by atoms with Crippen molar-refractivity contribution < 1.29 is 14.3 Å². The molecule has 1 rings (SSSR count). The molecule has 1 fully saturated rings. The number of ether oxygens (including phenoxy) is 1. The van der Waals surface area contributed by atoms with E-state index in [2.05, 4.69) is 10.6 Å². The maximum Gasteiger partial charge on any atom is 0.319 e. The molecule has 1 aliphatic heterocycles. The lowest BCUT2D eigenvalue weighted by molar-refractivity contribution is -0.142. The third kappa shape index (κ3) is 9.47. The fraction of sp³-hybridized carbons (Fsp3) is 0.857. The van der Waals surface area contributed by atoms with E-state index in [9.17, 15) is 9.59 Å².